The molecule has 3 aromatic carbocycles. The van der Waals surface area contributed by atoms with Crippen molar-refractivity contribution in [3.8, 4) is 0 Å². The minimum Gasteiger partial charge on any atom is -0.506 e. The molecule has 0 radical (unpaired) electrons. The second-order valence-corrected chi connectivity index (χ2v) is 12.4. The Kier molecular flexibility index (Phi) is 6.42. The Labute approximate surface area is 253 Å². The Balaban J connectivity index is 1.43. The molecule has 0 spiro atoms. The number of para-hydroxylation sites is 2. The summed E-state index contributed by atoms with van der Waals surface area (Å²) in [5, 5.41) is 34.3. The number of nitro groups is 2. The standard InChI is InChI=1S/C34H30N4O6/c1-33(2)25-10-6-8-12-27(25)35(5)29(33)17-23-31(39)24(32(23)40)18-30-34(3,4)26-11-7-9-13-28(26)36(30)19-20-14-21(37(41)42)16-22(15-20)38(43)44/h6-18H,19H2,1-5H3/p+1. The highest BCUT2D eigenvalue weighted by molar-refractivity contribution is 6.24. The van der Waals surface area contributed by atoms with Gasteiger partial charge in [0.2, 0.25) is 11.5 Å². The highest BCUT2D eigenvalue weighted by atomic mass is 16.6. The van der Waals surface area contributed by atoms with Gasteiger partial charge >= 0.3 is 0 Å². The van der Waals surface area contributed by atoms with Gasteiger partial charge in [0.1, 0.15) is 12.8 Å². The molecule has 0 amide bonds. The molecule has 3 aromatic rings. The number of fused-ring (bicyclic) bond motifs is 2. The number of nitro benzene ring substituents is 2. The first-order chi connectivity index (χ1) is 20.7. The molecule has 10 nitrogen and oxygen atoms in total. The summed E-state index contributed by atoms with van der Waals surface area (Å²) in [5.74, 6) is -0.395. The second kappa shape index (κ2) is 9.84. The van der Waals surface area contributed by atoms with Crippen LogP contribution in [0.5, 0.6) is 0 Å². The maximum absolute atomic E-state index is 13.6. The number of hydrogen-bond acceptors (Lipinski definition) is 7. The molecule has 44 heavy (non-hydrogen) atoms. The van der Waals surface area contributed by atoms with Gasteiger partial charge < -0.3 is 10.0 Å². The molecule has 0 aromatic heterocycles. The van der Waals surface area contributed by atoms with Crippen LogP contribution in [0.1, 0.15) is 44.4 Å². The number of Topliss-reactive ketones (excluding diaryl/α,β-unsaturated/α-hetero) is 1. The Hall–Kier alpha value is -5.38. The van der Waals surface area contributed by atoms with E-state index in [0.29, 0.717) is 11.3 Å². The molecule has 222 valence electrons. The van der Waals surface area contributed by atoms with Crippen LogP contribution in [0.3, 0.4) is 0 Å². The molecule has 0 unspecified atom stereocenters. The van der Waals surface area contributed by atoms with E-state index in [1.807, 2.05) is 72.8 Å². The van der Waals surface area contributed by atoms with Crippen molar-refractivity contribution in [3.63, 3.8) is 0 Å². The molecule has 2 heterocycles. The van der Waals surface area contributed by atoms with Crippen molar-refractivity contribution in [3.05, 3.63) is 138 Å². The topological polar surface area (TPSA) is 130 Å². The van der Waals surface area contributed by atoms with Gasteiger partial charge in [-0.05, 0) is 37.1 Å². The van der Waals surface area contributed by atoms with E-state index in [2.05, 4.69) is 19.9 Å². The third-order valence-electron chi connectivity index (χ3n) is 9.03. The van der Waals surface area contributed by atoms with E-state index in [1.54, 1.807) is 12.2 Å². The van der Waals surface area contributed by atoms with Gasteiger partial charge in [0.25, 0.3) is 11.4 Å². The monoisotopic (exact) mass is 591 g/mol. The van der Waals surface area contributed by atoms with Gasteiger partial charge in [-0.15, -0.1) is 0 Å². The van der Waals surface area contributed by atoms with E-state index in [4.69, 9.17) is 0 Å². The molecule has 0 atom stereocenters. The zero-order chi connectivity index (χ0) is 31.7. The summed E-state index contributed by atoms with van der Waals surface area (Å²) in [7, 11) is 1.95. The van der Waals surface area contributed by atoms with Gasteiger partial charge in [-0.1, -0.05) is 50.2 Å². The molecule has 2 aliphatic heterocycles. The Bertz CT molecular complexity index is 1910. The molecule has 10 heteroatoms. The van der Waals surface area contributed by atoms with Crippen molar-refractivity contribution in [1.82, 2.24) is 0 Å². The largest absolute Gasteiger partial charge is 0.506 e. The highest BCUT2D eigenvalue weighted by Crippen LogP contribution is 2.50. The van der Waals surface area contributed by atoms with Gasteiger partial charge in [0.15, 0.2) is 5.71 Å². The predicted molar refractivity (Wildman–Crippen MR) is 167 cm³/mol. The number of rotatable bonds is 6. The van der Waals surface area contributed by atoms with Gasteiger partial charge in [-0.2, -0.15) is 4.58 Å². The number of non-ortho nitro benzene ring substituents is 2. The summed E-state index contributed by atoms with van der Waals surface area (Å²) >= 11 is 0. The van der Waals surface area contributed by atoms with Gasteiger partial charge in [-0.3, -0.25) is 25.0 Å². The number of aliphatic hydroxyl groups is 1. The Morgan fingerprint density at radius 1 is 0.864 bits per heavy atom. The van der Waals surface area contributed by atoms with Crippen molar-refractivity contribution < 1.29 is 24.3 Å². The van der Waals surface area contributed by atoms with E-state index < -0.39 is 15.3 Å². The van der Waals surface area contributed by atoms with E-state index in [1.165, 1.54) is 12.1 Å². The first-order valence-corrected chi connectivity index (χ1v) is 14.2. The molecule has 6 rings (SSSR count). The van der Waals surface area contributed by atoms with Crippen LogP contribution in [0.25, 0.3) is 0 Å². The molecule has 0 bridgehead atoms. The van der Waals surface area contributed by atoms with Crippen LogP contribution in [0.15, 0.2) is 101 Å². The minimum atomic E-state index is -0.654. The van der Waals surface area contributed by atoms with E-state index >= 15 is 0 Å². The number of allylic oxidation sites excluding steroid dienone is 5. The summed E-state index contributed by atoms with van der Waals surface area (Å²) in [6.07, 6.45) is 3.43. The highest BCUT2D eigenvalue weighted by Gasteiger charge is 2.46. The van der Waals surface area contributed by atoms with E-state index in [9.17, 15) is 30.1 Å². The number of carbonyl (C=O) groups is 1. The Morgan fingerprint density at radius 3 is 2.05 bits per heavy atom. The lowest BCUT2D eigenvalue weighted by Gasteiger charge is -2.29. The zero-order valence-corrected chi connectivity index (χ0v) is 25.0. The van der Waals surface area contributed by atoms with Crippen molar-refractivity contribution in [1.29, 1.82) is 0 Å². The number of hydrogen-bond donors (Lipinski definition) is 1. The summed E-state index contributed by atoms with van der Waals surface area (Å²) in [6.45, 7) is 8.24. The zero-order valence-electron chi connectivity index (χ0n) is 25.0. The second-order valence-electron chi connectivity index (χ2n) is 12.4. The molecule has 3 aliphatic rings. The number of nitrogens with zero attached hydrogens (tertiary/aromatic N) is 4. The van der Waals surface area contributed by atoms with Crippen molar-refractivity contribution in [2.45, 2.75) is 45.1 Å². The van der Waals surface area contributed by atoms with Crippen molar-refractivity contribution >= 4 is 34.2 Å². The fraction of sp³-hybridized carbons (Fsp3) is 0.235. The fourth-order valence-electron chi connectivity index (χ4n) is 6.66. The van der Waals surface area contributed by atoms with Gasteiger partial charge in [0.05, 0.1) is 32.5 Å². The maximum Gasteiger partial charge on any atom is 0.276 e. The van der Waals surface area contributed by atoms with Crippen molar-refractivity contribution in [2.24, 2.45) is 0 Å². The Morgan fingerprint density at radius 2 is 1.45 bits per heavy atom. The lowest BCUT2D eigenvalue weighted by Crippen LogP contribution is -2.31. The number of carbonyl (C=O) groups excluding carboxylic acids is 1. The van der Waals surface area contributed by atoms with Crippen molar-refractivity contribution in [2.75, 3.05) is 11.9 Å². The third-order valence-corrected chi connectivity index (χ3v) is 9.03. The molecule has 0 saturated carbocycles. The molecule has 1 N–H and O–H groups in total. The number of anilines is 1. The first-order valence-electron chi connectivity index (χ1n) is 14.2. The average molecular weight is 592 g/mol. The fourth-order valence-corrected chi connectivity index (χ4v) is 6.66. The van der Waals surface area contributed by atoms with Crippen LogP contribution in [0.2, 0.25) is 0 Å². The lowest BCUT2D eigenvalue weighted by molar-refractivity contribution is -0.401. The van der Waals surface area contributed by atoms with Crippen LogP contribution in [-0.2, 0) is 22.2 Å². The number of benzene rings is 3. The van der Waals surface area contributed by atoms with Crippen LogP contribution in [0.4, 0.5) is 22.7 Å². The molecular formula is C34H31N4O6+. The molecular weight excluding hydrogens is 560 g/mol. The smallest absolute Gasteiger partial charge is 0.276 e. The van der Waals surface area contributed by atoms with E-state index in [-0.39, 0.29) is 46.0 Å². The number of ketones is 1. The molecule has 0 fully saturated rings. The van der Waals surface area contributed by atoms with Crippen LogP contribution in [-0.4, -0.2) is 38.1 Å². The van der Waals surface area contributed by atoms with Gasteiger partial charge in [0, 0.05) is 53.2 Å². The van der Waals surface area contributed by atoms with Crippen LogP contribution < -0.4 is 4.90 Å². The summed E-state index contributed by atoms with van der Waals surface area (Å²) in [5.41, 5.74) is 4.53. The maximum atomic E-state index is 13.6. The summed E-state index contributed by atoms with van der Waals surface area (Å²) in [6, 6.07) is 19.3. The predicted octanol–water partition coefficient (Wildman–Crippen LogP) is 6.71. The lowest BCUT2D eigenvalue weighted by atomic mass is 9.77. The quantitative estimate of drug-likeness (QED) is 0.146. The minimum absolute atomic E-state index is 0.0783. The normalized spacial score (nSPS) is 19.8. The SMILES string of the molecule is C[N+]1=C(/C=C2/C(=O)C(/C=C3\N(Cc4cc([N+](=O)[O-])cc([N+](=O)[O-])c4)c4ccccc4C3(C)C)=C2O)C(C)(C)c2ccccc21. The third kappa shape index (κ3) is 4.24. The molecule has 1 aliphatic carbocycles. The summed E-state index contributed by atoms with van der Waals surface area (Å²) in [4.78, 5) is 37.3. The number of aliphatic hydroxyl groups excluding tert-OH is 1. The van der Waals surface area contributed by atoms with Gasteiger partial charge in [-0.25, -0.2) is 0 Å². The van der Waals surface area contributed by atoms with E-state index in [0.717, 1.165) is 34.3 Å². The first kappa shape index (κ1) is 28.7. The summed E-state index contributed by atoms with van der Waals surface area (Å²) < 4.78 is 2.04. The average Bonchev–Trinajstić information content (AvgIpc) is 3.32. The van der Waals surface area contributed by atoms with Crippen LogP contribution >= 0.6 is 0 Å². The molecule has 0 saturated heterocycles. The van der Waals surface area contributed by atoms with Crippen LogP contribution in [0, 0.1) is 20.2 Å².